The van der Waals surface area contributed by atoms with E-state index in [-0.39, 0.29) is 5.03 Å². The molecule has 1 aliphatic carbocycles. The Hall–Kier alpha value is -0.0100. The minimum atomic E-state index is -1.98. The summed E-state index contributed by atoms with van der Waals surface area (Å²) >= 11 is 10.6. The smallest absolute Gasteiger partial charge is 0.215 e. The van der Waals surface area contributed by atoms with Gasteiger partial charge in [0.1, 0.15) is 0 Å². The summed E-state index contributed by atoms with van der Waals surface area (Å²) in [4.78, 5) is 0. The number of rotatable bonds is 0. The Labute approximate surface area is 63.0 Å². The first-order chi connectivity index (χ1) is 4.13. The highest BCUT2D eigenvalue weighted by atomic mass is 35.5. The molecule has 0 spiro atoms. The number of hydrogen-bond donors (Lipinski definition) is 0. The molecule has 1 atom stereocenters. The van der Waals surface area contributed by atoms with Crippen LogP contribution in [0.1, 0.15) is 0 Å². The van der Waals surface area contributed by atoms with Crippen LogP contribution in [0.4, 0.5) is 4.39 Å². The van der Waals surface area contributed by atoms with Gasteiger partial charge in [0.2, 0.25) is 5.13 Å². The van der Waals surface area contributed by atoms with Crippen LogP contribution < -0.4 is 0 Å². The van der Waals surface area contributed by atoms with E-state index in [4.69, 9.17) is 23.2 Å². The van der Waals surface area contributed by atoms with Gasteiger partial charge in [-0.3, -0.25) is 0 Å². The van der Waals surface area contributed by atoms with Crippen molar-refractivity contribution in [2.75, 3.05) is 0 Å². The van der Waals surface area contributed by atoms with Crippen molar-refractivity contribution in [3.63, 3.8) is 0 Å². The first kappa shape index (κ1) is 7.10. The molecule has 49 valence electrons. The molecule has 1 aliphatic rings. The number of halogens is 3. The minimum absolute atomic E-state index is 0.00617. The summed E-state index contributed by atoms with van der Waals surface area (Å²) in [6, 6.07) is 0. The van der Waals surface area contributed by atoms with Crippen LogP contribution in [-0.2, 0) is 0 Å². The molecule has 0 N–H and O–H groups in total. The molecule has 1 radical (unpaired) electrons. The predicted octanol–water partition coefficient (Wildman–Crippen LogP) is 2.79. The van der Waals surface area contributed by atoms with Gasteiger partial charge in [0.05, 0.1) is 5.03 Å². The molecule has 9 heavy (non-hydrogen) atoms. The molecule has 0 aromatic carbocycles. The van der Waals surface area contributed by atoms with E-state index < -0.39 is 5.13 Å². The van der Waals surface area contributed by atoms with Gasteiger partial charge in [0.15, 0.2) is 0 Å². The van der Waals surface area contributed by atoms with Crippen LogP contribution in [0.3, 0.4) is 0 Å². The van der Waals surface area contributed by atoms with E-state index >= 15 is 0 Å². The number of alkyl halides is 2. The van der Waals surface area contributed by atoms with E-state index in [9.17, 15) is 4.39 Å². The number of hydrogen-bond acceptors (Lipinski definition) is 0. The Balaban J connectivity index is 2.83. The van der Waals surface area contributed by atoms with Gasteiger partial charge < -0.3 is 0 Å². The van der Waals surface area contributed by atoms with E-state index in [2.05, 4.69) is 0 Å². The molecule has 0 aliphatic heterocycles. The normalized spacial score (nSPS) is 34.3. The Morgan fingerprint density at radius 3 is 2.56 bits per heavy atom. The fourth-order valence-corrected chi connectivity index (χ4v) is 0.779. The van der Waals surface area contributed by atoms with Gasteiger partial charge in [-0.25, -0.2) is 4.39 Å². The molecule has 0 amide bonds. The van der Waals surface area contributed by atoms with Crippen LogP contribution in [0.25, 0.3) is 0 Å². The molecule has 0 aromatic rings. The van der Waals surface area contributed by atoms with E-state index in [1.54, 1.807) is 6.42 Å². The van der Waals surface area contributed by atoms with Gasteiger partial charge in [-0.05, 0) is 6.08 Å². The fourth-order valence-electron chi connectivity index (χ4n) is 0.507. The third kappa shape index (κ3) is 1.46. The van der Waals surface area contributed by atoms with Crippen molar-refractivity contribution in [2.45, 2.75) is 5.13 Å². The second-order valence-corrected chi connectivity index (χ2v) is 2.65. The van der Waals surface area contributed by atoms with Crippen LogP contribution >= 0.6 is 23.2 Å². The summed E-state index contributed by atoms with van der Waals surface area (Å²) < 4.78 is 12.7. The first-order valence-electron chi connectivity index (χ1n) is 2.39. The van der Waals surface area contributed by atoms with Gasteiger partial charge in [-0.1, -0.05) is 35.4 Å². The van der Waals surface area contributed by atoms with Crippen LogP contribution in [-0.4, -0.2) is 5.13 Å². The van der Waals surface area contributed by atoms with Crippen molar-refractivity contribution in [3.8, 4) is 0 Å². The summed E-state index contributed by atoms with van der Waals surface area (Å²) in [5, 5.41) is -1.97. The molecule has 0 saturated carbocycles. The zero-order valence-electron chi connectivity index (χ0n) is 4.44. The third-order valence-corrected chi connectivity index (χ3v) is 1.80. The SMILES string of the molecule is FC1(Cl)C=C[CH]C=C1Cl. The molecule has 0 bridgehead atoms. The Morgan fingerprint density at radius 1 is 1.56 bits per heavy atom. The van der Waals surface area contributed by atoms with Crippen LogP contribution in [0.15, 0.2) is 23.3 Å². The Kier molecular flexibility index (Phi) is 1.83. The molecule has 0 fully saturated rings. The van der Waals surface area contributed by atoms with Crippen LogP contribution in [0, 0.1) is 6.42 Å². The monoisotopic (exact) mass is 165 g/mol. The third-order valence-electron chi connectivity index (χ3n) is 0.978. The standard InChI is InChI=1S/C6H4Cl2F/c7-5-3-1-2-4-6(5,8)9/h1-4H. The van der Waals surface area contributed by atoms with Gasteiger partial charge in [-0.2, -0.15) is 0 Å². The maximum Gasteiger partial charge on any atom is 0.237 e. The van der Waals surface area contributed by atoms with E-state index in [1.165, 1.54) is 18.2 Å². The molecule has 1 rings (SSSR count). The summed E-state index contributed by atoms with van der Waals surface area (Å²) in [6.07, 6.45) is 5.76. The van der Waals surface area contributed by atoms with E-state index in [0.29, 0.717) is 0 Å². The lowest BCUT2D eigenvalue weighted by molar-refractivity contribution is 0.408. The van der Waals surface area contributed by atoms with Gasteiger partial charge in [0, 0.05) is 6.42 Å². The van der Waals surface area contributed by atoms with Crippen molar-refractivity contribution in [2.24, 2.45) is 0 Å². The lowest BCUT2D eigenvalue weighted by Gasteiger charge is -2.14. The van der Waals surface area contributed by atoms with Crippen molar-refractivity contribution in [1.29, 1.82) is 0 Å². The summed E-state index contributed by atoms with van der Waals surface area (Å²) in [7, 11) is 0. The molecular formula is C6H4Cl2F. The lowest BCUT2D eigenvalue weighted by atomic mass is 10.2. The molecule has 0 aromatic heterocycles. The molecule has 0 saturated heterocycles. The number of allylic oxidation sites excluding steroid dienone is 4. The lowest BCUT2D eigenvalue weighted by Crippen LogP contribution is -2.12. The van der Waals surface area contributed by atoms with Gasteiger partial charge in [0.25, 0.3) is 0 Å². The topological polar surface area (TPSA) is 0 Å². The predicted molar refractivity (Wildman–Crippen MR) is 37.1 cm³/mol. The second kappa shape index (κ2) is 2.31. The fraction of sp³-hybridized carbons (Fsp3) is 0.167. The first-order valence-corrected chi connectivity index (χ1v) is 3.15. The second-order valence-electron chi connectivity index (χ2n) is 1.69. The van der Waals surface area contributed by atoms with E-state index in [1.807, 2.05) is 0 Å². The van der Waals surface area contributed by atoms with Crippen molar-refractivity contribution >= 4 is 23.2 Å². The maximum absolute atomic E-state index is 12.7. The zero-order chi connectivity index (χ0) is 6.91. The van der Waals surface area contributed by atoms with Crippen LogP contribution in [0.2, 0.25) is 0 Å². The van der Waals surface area contributed by atoms with Gasteiger partial charge >= 0.3 is 0 Å². The maximum atomic E-state index is 12.7. The molecule has 0 nitrogen and oxygen atoms in total. The highest BCUT2D eigenvalue weighted by Gasteiger charge is 2.28. The summed E-state index contributed by atoms with van der Waals surface area (Å²) in [5.41, 5.74) is 0. The van der Waals surface area contributed by atoms with Crippen molar-refractivity contribution in [1.82, 2.24) is 0 Å². The highest BCUT2D eigenvalue weighted by Crippen LogP contribution is 2.34. The summed E-state index contributed by atoms with van der Waals surface area (Å²) in [5.74, 6) is 0. The minimum Gasteiger partial charge on any atom is -0.215 e. The molecule has 3 heteroatoms. The van der Waals surface area contributed by atoms with Crippen LogP contribution in [0.5, 0.6) is 0 Å². The highest BCUT2D eigenvalue weighted by molar-refractivity contribution is 6.39. The largest absolute Gasteiger partial charge is 0.237 e. The average molecular weight is 166 g/mol. The van der Waals surface area contributed by atoms with Crippen molar-refractivity contribution in [3.05, 3.63) is 29.7 Å². The summed E-state index contributed by atoms with van der Waals surface area (Å²) in [6.45, 7) is 0. The Bertz CT molecular complexity index is 170. The quantitative estimate of drug-likeness (QED) is 0.485. The average Bonchev–Trinajstić information content (AvgIpc) is 1.77. The van der Waals surface area contributed by atoms with Gasteiger partial charge in [-0.15, -0.1) is 0 Å². The molecule has 0 heterocycles. The van der Waals surface area contributed by atoms with E-state index in [0.717, 1.165) is 0 Å². The zero-order valence-corrected chi connectivity index (χ0v) is 5.96. The van der Waals surface area contributed by atoms with Crippen molar-refractivity contribution < 1.29 is 4.39 Å². The molecular weight excluding hydrogens is 162 g/mol. The molecule has 1 unspecified atom stereocenters. The Morgan fingerprint density at radius 2 is 2.22 bits per heavy atom.